The van der Waals surface area contributed by atoms with Gasteiger partial charge in [0.15, 0.2) is 11.5 Å². The second kappa shape index (κ2) is 7.56. The van der Waals surface area contributed by atoms with Crippen molar-refractivity contribution in [3.63, 3.8) is 0 Å². The van der Waals surface area contributed by atoms with E-state index in [0.717, 1.165) is 17.1 Å². The number of benzene rings is 1. The first-order chi connectivity index (χ1) is 13.8. The van der Waals surface area contributed by atoms with Crippen LogP contribution in [0.25, 0.3) is 0 Å². The quantitative estimate of drug-likeness (QED) is 0.755. The van der Waals surface area contributed by atoms with Gasteiger partial charge < -0.3 is 24.3 Å². The Morgan fingerprint density at radius 3 is 2.79 bits per heavy atom. The number of alkyl carbamates (subject to hydrolysis) is 1. The van der Waals surface area contributed by atoms with E-state index >= 15 is 0 Å². The number of carbonyl (C=O) groups excluding carboxylic acids is 1. The molecule has 1 amide bonds. The van der Waals surface area contributed by atoms with E-state index in [1.54, 1.807) is 0 Å². The molecule has 3 aliphatic rings. The summed E-state index contributed by atoms with van der Waals surface area (Å²) >= 11 is 0. The molecule has 29 heavy (non-hydrogen) atoms. The fourth-order valence-corrected chi connectivity index (χ4v) is 5.13. The van der Waals surface area contributed by atoms with Crippen molar-refractivity contribution in [3.8, 4) is 11.5 Å². The van der Waals surface area contributed by atoms with Crippen LogP contribution in [0.2, 0.25) is 0 Å². The fourth-order valence-electron chi connectivity index (χ4n) is 5.13. The largest absolute Gasteiger partial charge is 0.454 e. The van der Waals surface area contributed by atoms with Crippen LogP contribution in [0.3, 0.4) is 0 Å². The number of carbonyl (C=O) groups is 1. The van der Waals surface area contributed by atoms with Gasteiger partial charge in [0.25, 0.3) is 0 Å². The van der Waals surface area contributed by atoms with Crippen molar-refractivity contribution < 1.29 is 23.7 Å². The van der Waals surface area contributed by atoms with Crippen LogP contribution < -0.4 is 14.8 Å². The summed E-state index contributed by atoms with van der Waals surface area (Å²) in [6, 6.07) is 6.10. The van der Waals surface area contributed by atoms with Gasteiger partial charge in [-0.15, -0.1) is 0 Å². The molecule has 1 aliphatic carbocycles. The maximum Gasteiger partial charge on any atom is 0.407 e. The summed E-state index contributed by atoms with van der Waals surface area (Å²) in [5.41, 5.74) is 2.20. The number of hydrogen-bond acceptors (Lipinski definition) is 5. The molecule has 158 valence electrons. The zero-order chi connectivity index (χ0) is 20.8. The molecular formula is C23H31NO5. The first kappa shape index (κ1) is 20.1. The van der Waals surface area contributed by atoms with E-state index in [1.165, 1.54) is 5.57 Å². The number of fused-ring (bicyclic) bond motifs is 3. The van der Waals surface area contributed by atoms with Gasteiger partial charge in [-0.2, -0.15) is 0 Å². The summed E-state index contributed by atoms with van der Waals surface area (Å²) in [6.07, 6.45) is 1.91. The number of amides is 1. The molecule has 6 heteroatoms. The molecule has 1 aromatic carbocycles. The van der Waals surface area contributed by atoms with Crippen LogP contribution in [0.15, 0.2) is 29.8 Å². The molecule has 1 N–H and O–H groups in total. The van der Waals surface area contributed by atoms with Crippen molar-refractivity contribution in [2.45, 2.75) is 46.8 Å². The lowest BCUT2D eigenvalue weighted by Gasteiger charge is -2.55. The van der Waals surface area contributed by atoms with Gasteiger partial charge in [-0.05, 0) is 50.3 Å². The summed E-state index contributed by atoms with van der Waals surface area (Å²) in [5, 5.41) is 2.81. The van der Waals surface area contributed by atoms with Gasteiger partial charge in [-0.25, -0.2) is 4.79 Å². The van der Waals surface area contributed by atoms with Crippen molar-refractivity contribution >= 4 is 6.09 Å². The topological polar surface area (TPSA) is 66.0 Å². The third-order valence-corrected chi connectivity index (χ3v) is 6.85. The standard InChI is InChI=1S/C23H31NO5/c1-13(2)24-22(25)27-11-23-10-26-21(20(16(23)5)14(3)8-15(23)4)17-6-7-18-19(9-17)29-12-28-18/h6-9,13,15-16,20-21H,10-12H2,1-5H3,(H,24,25). The van der Waals surface area contributed by atoms with Gasteiger partial charge in [0, 0.05) is 17.4 Å². The smallest absolute Gasteiger partial charge is 0.407 e. The minimum atomic E-state index is -0.366. The molecule has 2 heterocycles. The molecule has 6 nitrogen and oxygen atoms in total. The van der Waals surface area contributed by atoms with Gasteiger partial charge >= 0.3 is 6.09 Å². The third-order valence-electron chi connectivity index (χ3n) is 6.85. The number of rotatable bonds is 4. The predicted molar refractivity (Wildman–Crippen MR) is 109 cm³/mol. The minimum Gasteiger partial charge on any atom is -0.454 e. The minimum absolute atomic E-state index is 0.0501. The SMILES string of the molecule is CC1=CC(C)C2(COC(=O)NC(C)C)COC(c3ccc4c(c3)OCO4)C1C2C. The number of ether oxygens (including phenoxy) is 4. The highest BCUT2D eigenvalue weighted by molar-refractivity contribution is 5.67. The van der Waals surface area contributed by atoms with Crippen LogP contribution in [-0.2, 0) is 9.47 Å². The zero-order valence-electron chi connectivity index (χ0n) is 17.9. The Kier molecular flexibility index (Phi) is 5.23. The molecule has 2 aliphatic heterocycles. The Balaban J connectivity index is 1.58. The lowest BCUT2D eigenvalue weighted by molar-refractivity contribution is -0.165. The lowest BCUT2D eigenvalue weighted by Crippen LogP contribution is -2.55. The molecule has 1 fully saturated rings. The second-order valence-electron chi connectivity index (χ2n) is 8.97. The molecule has 0 aromatic heterocycles. The summed E-state index contributed by atoms with van der Waals surface area (Å²) in [7, 11) is 0. The lowest BCUT2D eigenvalue weighted by atomic mass is 9.56. The van der Waals surface area contributed by atoms with Crippen LogP contribution in [0, 0.1) is 23.2 Å². The zero-order valence-corrected chi connectivity index (χ0v) is 17.9. The Hall–Kier alpha value is -2.21. The average molecular weight is 402 g/mol. The normalized spacial score (nSPS) is 32.7. The molecule has 5 unspecified atom stereocenters. The Morgan fingerprint density at radius 2 is 2.03 bits per heavy atom. The molecule has 0 spiro atoms. The molecule has 2 bridgehead atoms. The van der Waals surface area contributed by atoms with Crippen LogP contribution in [0.4, 0.5) is 4.79 Å². The van der Waals surface area contributed by atoms with Crippen molar-refractivity contribution in [3.05, 3.63) is 35.4 Å². The van der Waals surface area contributed by atoms with Crippen LogP contribution in [-0.4, -0.2) is 32.1 Å². The highest BCUT2D eigenvalue weighted by Crippen LogP contribution is 2.56. The third kappa shape index (κ3) is 3.48. The molecule has 1 saturated heterocycles. The maximum atomic E-state index is 12.1. The summed E-state index contributed by atoms with van der Waals surface area (Å²) < 4.78 is 23.1. The molecule has 5 atom stereocenters. The van der Waals surface area contributed by atoms with Gasteiger partial charge in [-0.1, -0.05) is 31.6 Å². The van der Waals surface area contributed by atoms with Crippen molar-refractivity contribution in [2.24, 2.45) is 23.2 Å². The molecule has 1 aromatic rings. The fraction of sp³-hybridized carbons (Fsp3) is 0.609. The Morgan fingerprint density at radius 1 is 1.28 bits per heavy atom. The number of hydrogen-bond donors (Lipinski definition) is 1. The van der Waals surface area contributed by atoms with E-state index in [2.05, 4.69) is 38.2 Å². The Labute approximate surface area is 172 Å². The van der Waals surface area contributed by atoms with Crippen LogP contribution in [0.1, 0.15) is 46.3 Å². The van der Waals surface area contributed by atoms with Gasteiger partial charge in [0.05, 0.1) is 12.7 Å². The summed E-state index contributed by atoms with van der Waals surface area (Å²) in [6.45, 7) is 11.7. The Bertz CT molecular complexity index is 819. The van der Waals surface area contributed by atoms with Gasteiger partial charge in [0.1, 0.15) is 6.61 Å². The first-order valence-corrected chi connectivity index (χ1v) is 10.4. The second-order valence-corrected chi connectivity index (χ2v) is 8.97. The van der Waals surface area contributed by atoms with Gasteiger partial charge in [0.2, 0.25) is 6.79 Å². The number of allylic oxidation sites excluding steroid dienone is 1. The highest BCUT2D eigenvalue weighted by atomic mass is 16.7. The first-order valence-electron chi connectivity index (χ1n) is 10.4. The van der Waals surface area contributed by atoms with E-state index in [0.29, 0.717) is 19.1 Å². The molecule has 4 rings (SSSR count). The molecule has 0 saturated carbocycles. The van der Waals surface area contributed by atoms with Crippen LogP contribution in [0.5, 0.6) is 11.5 Å². The average Bonchev–Trinajstić information content (AvgIpc) is 3.12. The summed E-state index contributed by atoms with van der Waals surface area (Å²) in [4.78, 5) is 12.1. The summed E-state index contributed by atoms with van der Waals surface area (Å²) in [5.74, 6) is 2.34. The number of nitrogens with one attached hydrogen (secondary N) is 1. The van der Waals surface area contributed by atoms with Crippen molar-refractivity contribution in [2.75, 3.05) is 20.0 Å². The van der Waals surface area contributed by atoms with Crippen molar-refractivity contribution in [1.29, 1.82) is 0 Å². The molecular weight excluding hydrogens is 370 g/mol. The van der Waals surface area contributed by atoms with Crippen LogP contribution >= 0.6 is 0 Å². The molecule has 0 radical (unpaired) electrons. The van der Waals surface area contributed by atoms with E-state index < -0.39 is 0 Å². The van der Waals surface area contributed by atoms with E-state index in [1.807, 2.05) is 26.0 Å². The van der Waals surface area contributed by atoms with E-state index in [9.17, 15) is 4.79 Å². The van der Waals surface area contributed by atoms with E-state index in [-0.39, 0.29) is 42.3 Å². The van der Waals surface area contributed by atoms with Crippen molar-refractivity contribution in [1.82, 2.24) is 5.32 Å². The van der Waals surface area contributed by atoms with E-state index in [4.69, 9.17) is 18.9 Å². The predicted octanol–water partition coefficient (Wildman–Crippen LogP) is 4.46. The monoisotopic (exact) mass is 401 g/mol. The maximum absolute atomic E-state index is 12.1. The van der Waals surface area contributed by atoms with Gasteiger partial charge in [-0.3, -0.25) is 0 Å². The highest BCUT2D eigenvalue weighted by Gasteiger charge is 2.54.